The molecule has 0 saturated heterocycles. The number of hydrogen-bond acceptors (Lipinski definition) is 5. The van der Waals surface area contributed by atoms with Gasteiger partial charge in [0.1, 0.15) is 16.6 Å². The monoisotopic (exact) mass is 285 g/mol. The first-order valence-electron chi connectivity index (χ1n) is 5.23. The van der Waals surface area contributed by atoms with Gasteiger partial charge in [0.05, 0.1) is 22.4 Å². The Labute approximate surface area is 113 Å². The number of carbonyl (C=O) groups is 1. The molecule has 1 amide bonds. The molecular formula is C11H12ClN3O2S. The number of nitrogens with one attached hydrogen (secondary N) is 1. The van der Waals surface area contributed by atoms with Crippen LogP contribution in [0.15, 0.2) is 12.1 Å². The largest absolute Gasteiger partial charge is 0.369 e. The van der Waals surface area contributed by atoms with Crippen LogP contribution in [0.1, 0.15) is 13.8 Å². The third-order valence-corrected chi connectivity index (χ3v) is 3.53. The Bertz CT molecular complexity index is 597. The summed E-state index contributed by atoms with van der Waals surface area (Å²) in [5.74, 6) is -0.285. The van der Waals surface area contributed by atoms with Crippen LogP contribution in [-0.4, -0.2) is 27.4 Å². The molecule has 1 aromatic heterocycles. The van der Waals surface area contributed by atoms with Crippen LogP contribution in [0.5, 0.6) is 0 Å². The Morgan fingerprint density at radius 2 is 2.17 bits per heavy atom. The zero-order valence-corrected chi connectivity index (χ0v) is 11.7. The Hall–Kier alpha value is -1.24. The van der Waals surface area contributed by atoms with Gasteiger partial charge < -0.3 is 10.1 Å². The lowest BCUT2D eigenvalue weighted by molar-refractivity contribution is -0.133. The summed E-state index contributed by atoms with van der Waals surface area (Å²) >= 11 is 7.15. The molecule has 0 aliphatic carbocycles. The maximum absolute atomic E-state index is 12.0. The summed E-state index contributed by atoms with van der Waals surface area (Å²) in [5, 5.41) is 3.17. The lowest BCUT2D eigenvalue weighted by Crippen LogP contribution is -2.38. The number of rotatable bonds is 3. The highest BCUT2D eigenvalue weighted by Gasteiger charge is 2.28. The van der Waals surface area contributed by atoms with Crippen molar-refractivity contribution in [3.63, 3.8) is 0 Å². The van der Waals surface area contributed by atoms with E-state index in [0.29, 0.717) is 21.7 Å². The van der Waals surface area contributed by atoms with Crippen molar-refractivity contribution in [1.29, 1.82) is 0 Å². The highest BCUT2D eigenvalue weighted by Crippen LogP contribution is 2.30. The maximum atomic E-state index is 12.0. The first-order valence-corrected chi connectivity index (χ1v) is 6.34. The number of ether oxygens (including phenoxy) is 1. The van der Waals surface area contributed by atoms with Gasteiger partial charge in [-0.2, -0.15) is 8.75 Å². The second kappa shape index (κ2) is 4.79. The summed E-state index contributed by atoms with van der Waals surface area (Å²) in [4.78, 5) is 12.0. The first kappa shape index (κ1) is 13.2. The molecule has 0 saturated carbocycles. The lowest BCUT2D eigenvalue weighted by Gasteiger charge is -2.22. The van der Waals surface area contributed by atoms with Crippen molar-refractivity contribution in [1.82, 2.24) is 8.75 Å². The Morgan fingerprint density at radius 1 is 1.44 bits per heavy atom. The summed E-state index contributed by atoms with van der Waals surface area (Å²) in [6.07, 6.45) is 0. The number of benzene rings is 1. The minimum absolute atomic E-state index is 0.285. The third-order valence-electron chi connectivity index (χ3n) is 2.67. The molecule has 0 unspecified atom stereocenters. The van der Waals surface area contributed by atoms with Crippen LogP contribution >= 0.6 is 23.3 Å². The summed E-state index contributed by atoms with van der Waals surface area (Å²) in [5.41, 5.74) is 0.829. The Kier molecular flexibility index (Phi) is 3.52. The molecule has 0 radical (unpaired) electrons. The van der Waals surface area contributed by atoms with Crippen molar-refractivity contribution in [2.75, 3.05) is 12.4 Å². The van der Waals surface area contributed by atoms with Crippen LogP contribution < -0.4 is 5.32 Å². The number of nitrogens with zero attached hydrogens (tertiary/aromatic N) is 2. The molecular weight excluding hydrogens is 274 g/mol. The average molecular weight is 286 g/mol. The van der Waals surface area contributed by atoms with E-state index in [1.807, 2.05) is 0 Å². The van der Waals surface area contributed by atoms with Crippen LogP contribution in [0.3, 0.4) is 0 Å². The quantitative estimate of drug-likeness (QED) is 0.942. The van der Waals surface area contributed by atoms with Crippen LogP contribution in [0, 0.1) is 0 Å². The van der Waals surface area contributed by atoms with E-state index >= 15 is 0 Å². The highest BCUT2D eigenvalue weighted by molar-refractivity contribution is 7.00. The minimum Gasteiger partial charge on any atom is -0.369 e. The molecule has 0 fully saturated rings. The summed E-state index contributed by atoms with van der Waals surface area (Å²) < 4.78 is 13.3. The molecule has 2 aromatic rings. The molecule has 0 aliphatic rings. The van der Waals surface area contributed by atoms with Gasteiger partial charge in [0.2, 0.25) is 0 Å². The van der Waals surface area contributed by atoms with Crippen molar-refractivity contribution < 1.29 is 9.53 Å². The molecule has 7 heteroatoms. The van der Waals surface area contributed by atoms with Crippen molar-refractivity contribution >= 4 is 46.0 Å². The number of halogens is 1. The van der Waals surface area contributed by atoms with E-state index in [9.17, 15) is 4.79 Å². The fourth-order valence-electron chi connectivity index (χ4n) is 1.30. The number of aromatic nitrogens is 2. The van der Waals surface area contributed by atoms with Gasteiger partial charge in [-0.05, 0) is 26.0 Å². The van der Waals surface area contributed by atoms with E-state index in [4.69, 9.17) is 16.3 Å². The van der Waals surface area contributed by atoms with E-state index in [1.165, 1.54) is 7.11 Å². The fraction of sp³-hybridized carbons (Fsp3) is 0.364. The fourth-order valence-corrected chi connectivity index (χ4v) is 2.04. The molecule has 1 aromatic carbocycles. The molecule has 18 heavy (non-hydrogen) atoms. The van der Waals surface area contributed by atoms with Crippen molar-refractivity contribution in [3.8, 4) is 0 Å². The van der Waals surface area contributed by atoms with Gasteiger partial charge in [0, 0.05) is 7.11 Å². The Morgan fingerprint density at radius 3 is 2.83 bits per heavy atom. The van der Waals surface area contributed by atoms with Gasteiger partial charge in [-0.25, -0.2) is 0 Å². The highest BCUT2D eigenvalue weighted by atomic mass is 35.5. The molecule has 2 rings (SSSR count). The van der Waals surface area contributed by atoms with E-state index in [1.54, 1.807) is 26.0 Å². The van der Waals surface area contributed by atoms with Gasteiger partial charge in [-0.3, -0.25) is 4.79 Å². The standard InChI is InChI=1S/C11H12ClN3O2S/c1-11(2,17-3)10(16)13-8-6(12)4-5-7-9(8)15-18-14-7/h4-5H,1-3H3,(H,13,16). The third kappa shape index (κ3) is 2.31. The number of amides is 1. The molecule has 1 heterocycles. The van der Waals surface area contributed by atoms with Crippen molar-refractivity contribution in [3.05, 3.63) is 17.2 Å². The topological polar surface area (TPSA) is 64.1 Å². The molecule has 1 N–H and O–H groups in total. The van der Waals surface area contributed by atoms with Crippen LogP contribution in [0.25, 0.3) is 11.0 Å². The predicted molar refractivity (Wildman–Crippen MR) is 72.1 cm³/mol. The van der Waals surface area contributed by atoms with E-state index in [2.05, 4.69) is 14.1 Å². The lowest BCUT2D eigenvalue weighted by atomic mass is 10.1. The maximum Gasteiger partial charge on any atom is 0.256 e. The molecule has 96 valence electrons. The second-order valence-electron chi connectivity index (χ2n) is 4.22. The zero-order chi connectivity index (χ0) is 13.3. The molecule has 0 atom stereocenters. The van der Waals surface area contributed by atoms with Gasteiger partial charge in [-0.15, -0.1) is 0 Å². The van der Waals surface area contributed by atoms with Crippen LogP contribution in [0.2, 0.25) is 5.02 Å². The van der Waals surface area contributed by atoms with Crippen molar-refractivity contribution in [2.24, 2.45) is 0 Å². The predicted octanol–water partition coefficient (Wildman–Crippen LogP) is 2.71. The number of carbonyl (C=O) groups excluding carboxylic acids is 1. The first-order chi connectivity index (χ1) is 8.45. The van der Waals surface area contributed by atoms with Gasteiger partial charge >= 0.3 is 0 Å². The van der Waals surface area contributed by atoms with E-state index in [0.717, 1.165) is 11.7 Å². The minimum atomic E-state index is -0.936. The molecule has 0 aliphatic heterocycles. The van der Waals surface area contributed by atoms with Gasteiger partial charge in [0.25, 0.3) is 5.91 Å². The summed E-state index contributed by atoms with van der Waals surface area (Å²) in [7, 11) is 1.48. The number of hydrogen-bond donors (Lipinski definition) is 1. The van der Waals surface area contributed by atoms with Crippen LogP contribution in [-0.2, 0) is 9.53 Å². The van der Waals surface area contributed by atoms with Crippen LogP contribution in [0.4, 0.5) is 5.69 Å². The zero-order valence-electron chi connectivity index (χ0n) is 10.2. The smallest absolute Gasteiger partial charge is 0.256 e. The average Bonchev–Trinajstić information content (AvgIpc) is 2.81. The van der Waals surface area contributed by atoms with E-state index in [-0.39, 0.29) is 5.91 Å². The summed E-state index contributed by atoms with van der Waals surface area (Å²) in [6, 6.07) is 3.44. The SMILES string of the molecule is COC(C)(C)C(=O)Nc1c(Cl)ccc2nsnc12. The number of anilines is 1. The van der Waals surface area contributed by atoms with Crippen molar-refractivity contribution in [2.45, 2.75) is 19.4 Å². The second-order valence-corrected chi connectivity index (χ2v) is 5.16. The molecule has 5 nitrogen and oxygen atoms in total. The van der Waals surface area contributed by atoms with E-state index < -0.39 is 5.60 Å². The van der Waals surface area contributed by atoms with Gasteiger partial charge in [-0.1, -0.05) is 11.6 Å². The number of fused-ring (bicyclic) bond motifs is 1. The number of methoxy groups -OCH3 is 1. The normalized spacial score (nSPS) is 11.8. The van der Waals surface area contributed by atoms with Gasteiger partial charge in [0.15, 0.2) is 0 Å². The summed E-state index contributed by atoms with van der Waals surface area (Å²) in [6.45, 7) is 3.35. The molecule has 0 spiro atoms. The molecule has 0 bridgehead atoms. The Balaban J connectivity index is 2.40.